The molecule has 1 aliphatic heterocycles. The first-order valence-electron chi connectivity index (χ1n) is 9.32. The molecule has 1 unspecified atom stereocenters. The van der Waals surface area contributed by atoms with Crippen molar-refractivity contribution in [3.8, 4) is 0 Å². The van der Waals surface area contributed by atoms with Crippen LogP contribution in [-0.4, -0.2) is 80.0 Å². The summed E-state index contributed by atoms with van der Waals surface area (Å²) in [5.41, 5.74) is -0.922. The average Bonchev–Trinajstić information content (AvgIpc) is 3.16. The van der Waals surface area contributed by atoms with Gasteiger partial charge in [0.25, 0.3) is 0 Å². The highest BCUT2D eigenvalue weighted by molar-refractivity contribution is 14.0. The molecule has 10 heteroatoms. The van der Waals surface area contributed by atoms with Crippen molar-refractivity contribution in [2.75, 3.05) is 52.5 Å². The zero-order valence-electron chi connectivity index (χ0n) is 16.6. The molecule has 0 aliphatic carbocycles. The highest BCUT2D eigenvalue weighted by Gasteiger charge is 2.25. The molecule has 1 aliphatic rings. The fourth-order valence-corrected chi connectivity index (χ4v) is 2.72. The molecule has 1 fully saturated rings. The van der Waals surface area contributed by atoms with Gasteiger partial charge in [0.2, 0.25) is 5.91 Å². The number of nitrogens with one attached hydrogen (secondary N) is 3. The van der Waals surface area contributed by atoms with E-state index >= 15 is 0 Å². The number of morpholine rings is 1. The third-order valence-corrected chi connectivity index (χ3v) is 4.07. The van der Waals surface area contributed by atoms with E-state index in [1.54, 1.807) is 25.3 Å². The Hall–Kier alpha value is -1.37. The van der Waals surface area contributed by atoms with Crippen LogP contribution in [0.25, 0.3) is 0 Å². The normalized spacial score (nSPS) is 17.3. The second-order valence-electron chi connectivity index (χ2n) is 6.79. The first-order valence-corrected chi connectivity index (χ1v) is 9.32. The SMILES string of the molecule is CCNC(=NCC(=O)NCc1ccco1)NCC(C)(O)CN1CCOCC1.I. The van der Waals surface area contributed by atoms with Crippen LogP contribution in [0, 0.1) is 0 Å². The maximum Gasteiger partial charge on any atom is 0.242 e. The minimum atomic E-state index is -0.922. The third-order valence-electron chi connectivity index (χ3n) is 4.07. The minimum Gasteiger partial charge on any atom is -0.467 e. The van der Waals surface area contributed by atoms with Crippen molar-refractivity contribution in [1.29, 1.82) is 0 Å². The lowest BCUT2D eigenvalue weighted by atomic mass is 10.1. The number of aliphatic hydroxyl groups is 1. The lowest BCUT2D eigenvalue weighted by Crippen LogP contribution is -2.53. The molecule has 0 bridgehead atoms. The molecule has 9 nitrogen and oxygen atoms in total. The predicted octanol–water partition coefficient (Wildman–Crippen LogP) is 0.152. The van der Waals surface area contributed by atoms with E-state index in [-0.39, 0.29) is 36.4 Å². The Balaban J connectivity index is 0.00000392. The average molecular weight is 509 g/mol. The maximum atomic E-state index is 11.9. The highest BCUT2D eigenvalue weighted by atomic mass is 127. The molecule has 1 saturated heterocycles. The number of halogens is 1. The number of nitrogens with zero attached hydrogens (tertiary/aromatic N) is 2. The number of furan rings is 1. The molecular weight excluding hydrogens is 477 g/mol. The summed E-state index contributed by atoms with van der Waals surface area (Å²) in [4.78, 5) is 18.4. The summed E-state index contributed by atoms with van der Waals surface area (Å²) in [6.07, 6.45) is 1.57. The number of ether oxygens (including phenoxy) is 1. The fraction of sp³-hybridized carbons (Fsp3) is 0.667. The summed E-state index contributed by atoms with van der Waals surface area (Å²) < 4.78 is 10.5. The van der Waals surface area contributed by atoms with Crippen molar-refractivity contribution in [2.24, 2.45) is 4.99 Å². The lowest BCUT2D eigenvalue weighted by molar-refractivity contribution is -0.119. The van der Waals surface area contributed by atoms with Gasteiger partial charge in [-0.25, -0.2) is 4.99 Å². The molecule has 1 aromatic rings. The second-order valence-corrected chi connectivity index (χ2v) is 6.79. The number of hydrogen-bond donors (Lipinski definition) is 4. The van der Waals surface area contributed by atoms with Gasteiger partial charge in [-0.2, -0.15) is 0 Å². The Morgan fingerprint density at radius 3 is 2.71 bits per heavy atom. The second kappa shape index (κ2) is 13.0. The number of carbonyl (C=O) groups excluding carboxylic acids is 1. The maximum absolute atomic E-state index is 11.9. The fourth-order valence-electron chi connectivity index (χ4n) is 2.72. The van der Waals surface area contributed by atoms with Gasteiger partial charge in [-0.05, 0) is 26.0 Å². The Bertz CT molecular complexity index is 589. The summed E-state index contributed by atoms with van der Waals surface area (Å²) in [5.74, 6) is 0.980. The molecule has 2 rings (SSSR count). The smallest absolute Gasteiger partial charge is 0.242 e. The molecule has 4 N–H and O–H groups in total. The van der Waals surface area contributed by atoms with Crippen LogP contribution in [0.2, 0.25) is 0 Å². The van der Waals surface area contributed by atoms with Crippen LogP contribution in [0.3, 0.4) is 0 Å². The number of β-amino-alcohol motifs (C(OH)–C–C–N with tert-alkyl or cyclic N) is 1. The van der Waals surface area contributed by atoms with E-state index in [1.807, 2.05) is 6.92 Å². The van der Waals surface area contributed by atoms with Gasteiger partial charge in [0.1, 0.15) is 12.3 Å². The van der Waals surface area contributed by atoms with Crippen LogP contribution in [0.1, 0.15) is 19.6 Å². The van der Waals surface area contributed by atoms with E-state index in [0.29, 0.717) is 51.1 Å². The molecule has 0 aromatic carbocycles. The van der Waals surface area contributed by atoms with Gasteiger partial charge >= 0.3 is 0 Å². The number of carbonyl (C=O) groups is 1. The van der Waals surface area contributed by atoms with Gasteiger partial charge < -0.3 is 30.2 Å². The Kier molecular flexibility index (Phi) is 11.4. The van der Waals surface area contributed by atoms with Gasteiger partial charge in [0.05, 0.1) is 31.6 Å². The van der Waals surface area contributed by atoms with Crippen LogP contribution in [0.5, 0.6) is 0 Å². The molecule has 0 saturated carbocycles. The van der Waals surface area contributed by atoms with Crippen molar-refractivity contribution in [2.45, 2.75) is 26.0 Å². The number of rotatable bonds is 9. The van der Waals surface area contributed by atoms with Gasteiger partial charge in [-0.15, -0.1) is 24.0 Å². The van der Waals surface area contributed by atoms with Gasteiger partial charge in [-0.1, -0.05) is 0 Å². The monoisotopic (exact) mass is 509 g/mol. The zero-order valence-corrected chi connectivity index (χ0v) is 18.9. The largest absolute Gasteiger partial charge is 0.467 e. The molecule has 1 amide bonds. The van der Waals surface area contributed by atoms with E-state index in [0.717, 1.165) is 13.1 Å². The van der Waals surface area contributed by atoms with Crippen LogP contribution in [0.15, 0.2) is 27.8 Å². The third kappa shape index (κ3) is 9.71. The summed E-state index contributed by atoms with van der Waals surface area (Å²) in [6, 6.07) is 3.57. The first kappa shape index (κ1) is 24.7. The van der Waals surface area contributed by atoms with E-state index in [1.165, 1.54) is 0 Å². The van der Waals surface area contributed by atoms with E-state index in [4.69, 9.17) is 9.15 Å². The van der Waals surface area contributed by atoms with Gasteiger partial charge in [0, 0.05) is 32.7 Å². The summed E-state index contributed by atoms with van der Waals surface area (Å²) in [6.45, 7) is 8.61. The predicted molar refractivity (Wildman–Crippen MR) is 118 cm³/mol. The topological polar surface area (TPSA) is 111 Å². The number of amides is 1. The van der Waals surface area contributed by atoms with Crippen LogP contribution in [0.4, 0.5) is 0 Å². The van der Waals surface area contributed by atoms with E-state index in [2.05, 4.69) is 25.8 Å². The quantitative estimate of drug-likeness (QED) is 0.213. The number of hydrogen-bond acceptors (Lipinski definition) is 6. The Morgan fingerprint density at radius 2 is 2.07 bits per heavy atom. The molecule has 0 spiro atoms. The van der Waals surface area contributed by atoms with Crippen molar-refractivity contribution >= 4 is 35.8 Å². The lowest BCUT2D eigenvalue weighted by Gasteiger charge is -2.34. The standard InChI is InChI=1S/C18H31N5O4.HI/c1-3-19-17(21-12-16(24)20-11-15-5-4-8-27-15)22-13-18(2,25)14-23-6-9-26-10-7-23;/h4-5,8,25H,3,6-7,9-14H2,1-2H3,(H,20,24)(H2,19,21,22);1H. The molecule has 0 radical (unpaired) electrons. The van der Waals surface area contributed by atoms with Crippen molar-refractivity contribution < 1.29 is 19.1 Å². The van der Waals surface area contributed by atoms with E-state index < -0.39 is 5.60 Å². The Morgan fingerprint density at radius 1 is 1.32 bits per heavy atom. The molecule has 1 aromatic heterocycles. The highest BCUT2D eigenvalue weighted by Crippen LogP contribution is 2.07. The molecule has 160 valence electrons. The molecular formula is C18H32IN5O4. The van der Waals surface area contributed by atoms with Crippen LogP contribution in [-0.2, 0) is 16.1 Å². The first-order chi connectivity index (χ1) is 13.0. The van der Waals surface area contributed by atoms with Gasteiger partial charge in [-0.3, -0.25) is 9.69 Å². The van der Waals surface area contributed by atoms with Crippen molar-refractivity contribution in [3.63, 3.8) is 0 Å². The van der Waals surface area contributed by atoms with E-state index in [9.17, 15) is 9.90 Å². The summed E-state index contributed by atoms with van der Waals surface area (Å²) in [7, 11) is 0. The molecule has 2 heterocycles. The zero-order chi connectivity index (χ0) is 19.5. The number of aliphatic imine (C=N–C) groups is 1. The van der Waals surface area contributed by atoms with Gasteiger partial charge in [0.15, 0.2) is 5.96 Å². The van der Waals surface area contributed by atoms with Crippen molar-refractivity contribution in [1.82, 2.24) is 20.9 Å². The van der Waals surface area contributed by atoms with Crippen LogP contribution >= 0.6 is 24.0 Å². The Labute approximate surface area is 183 Å². The van der Waals surface area contributed by atoms with Crippen molar-refractivity contribution in [3.05, 3.63) is 24.2 Å². The minimum absolute atomic E-state index is 0. The summed E-state index contributed by atoms with van der Waals surface area (Å²) >= 11 is 0. The molecule has 1 atom stereocenters. The molecule has 28 heavy (non-hydrogen) atoms. The number of guanidine groups is 1. The van der Waals surface area contributed by atoms with Crippen LogP contribution < -0.4 is 16.0 Å². The summed E-state index contributed by atoms with van der Waals surface area (Å²) in [5, 5.41) is 19.6.